The van der Waals surface area contributed by atoms with Gasteiger partial charge in [-0.15, -0.1) is 22.7 Å². The lowest BCUT2D eigenvalue weighted by Crippen LogP contribution is -2.22. The molecule has 0 bridgehead atoms. The zero-order valence-corrected chi connectivity index (χ0v) is 20.4. The zero-order valence-electron chi connectivity index (χ0n) is 18.8. The molecule has 0 N–H and O–H groups in total. The number of thiophene rings is 2. The van der Waals surface area contributed by atoms with Crippen LogP contribution in [-0.4, -0.2) is 12.2 Å². The third kappa shape index (κ3) is 2.41. The van der Waals surface area contributed by atoms with Crippen LogP contribution in [0, 0.1) is 0 Å². The van der Waals surface area contributed by atoms with Gasteiger partial charge in [-0.05, 0) is 46.5 Å². The maximum atomic E-state index is 6.79. The van der Waals surface area contributed by atoms with Crippen LogP contribution in [0.3, 0.4) is 0 Å². The van der Waals surface area contributed by atoms with Crippen molar-refractivity contribution < 1.29 is 4.74 Å². The van der Waals surface area contributed by atoms with Gasteiger partial charge in [0.25, 0.3) is 0 Å². The third-order valence-corrected chi connectivity index (χ3v) is 10.5. The molecule has 1 fully saturated rings. The predicted molar refractivity (Wildman–Crippen MR) is 151 cm³/mol. The van der Waals surface area contributed by atoms with Crippen molar-refractivity contribution in [3.63, 3.8) is 0 Å². The van der Waals surface area contributed by atoms with Crippen molar-refractivity contribution >= 4 is 75.2 Å². The van der Waals surface area contributed by atoms with Gasteiger partial charge in [-0.1, -0.05) is 72.8 Å². The molecular formula is C32H20OS2. The van der Waals surface area contributed by atoms with Gasteiger partial charge in [0.1, 0.15) is 0 Å². The molecule has 1 saturated heterocycles. The van der Waals surface area contributed by atoms with E-state index >= 15 is 0 Å². The van der Waals surface area contributed by atoms with Crippen molar-refractivity contribution in [2.45, 2.75) is 24.0 Å². The summed E-state index contributed by atoms with van der Waals surface area (Å²) in [5.41, 5.74) is 5.67. The predicted octanol–water partition coefficient (Wildman–Crippen LogP) is 9.11. The van der Waals surface area contributed by atoms with Crippen LogP contribution in [0.25, 0.3) is 52.5 Å². The molecule has 35 heavy (non-hydrogen) atoms. The molecule has 0 radical (unpaired) electrons. The Labute approximate surface area is 210 Å². The topological polar surface area (TPSA) is 9.23 Å². The van der Waals surface area contributed by atoms with E-state index in [9.17, 15) is 0 Å². The molecule has 4 atom stereocenters. The van der Waals surface area contributed by atoms with Crippen molar-refractivity contribution in [1.29, 1.82) is 0 Å². The average molecular weight is 485 g/mol. The minimum atomic E-state index is 0.0949. The molecule has 4 unspecified atom stereocenters. The SMILES string of the molecule is C1=CC2OC3C=Cc4ccc5sc6ccccc6c5c4C3C2c2c1ccc1sc3ccccc3c21. The van der Waals surface area contributed by atoms with Gasteiger partial charge in [0, 0.05) is 52.2 Å². The maximum absolute atomic E-state index is 6.79. The van der Waals surface area contributed by atoms with E-state index in [1.54, 1.807) is 0 Å². The van der Waals surface area contributed by atoms with Crippen LogP contribution in [0.1, 0.15) is 34.1 Å². The Bertz CT molecular complexity index is 1780. The Hall–Kier alpha value is -3.24. The summed E-state index contributed by atoms with van der Waals surface area (Å²) in [6, 6.07) is 27.1. The lowest BCUT2D eigenvalue weighted by atomic mass is 9.70. The second-order valence-electron chi connectivity index (χ2n) is 9.91. The van der Waals surface area contributed by atoms with Gasteiger partial charge in [0.05, 0.1) is 12.2 Å². The van der Waals surface area contributed by atoms with Crippen molar-refractivity contribution in [2.75, 3.05) is 0 Å². The highest BCUT2D eigenvalue weighted by atomic mass is 32.1. The van der Waals surface area contributed by atoms with Crippen LogP contribution in [0.4, 0.5) is 0 Å². The summed E-state index contributed by atoms with van der Waals surface area (Å²) < 4.78 is 12.3. The molecule has 3 heterocycles. The lowest BCUT2D eigenvalue weighted by Gasteiger charge is -2.31. The monoisotopic (exact) mass is 484 g/mol. The molecule has 0 spiro atoms. The van der Waals surface area contributed by atoms with Gasteiger partial charge in [0.15, 0.2) is 0 Å². The quantitative estimate of drug-likeness (QED) is 0.209. The molecule has 3 heteroatoms. The number of hydrogen-bond acceptors (Lipinski definition) is 3. The van der Waals surface area contributed by atoms with Crippen LogP contribution in [0.5, 0.6) is 0 Å². The summed E-state index contributed by atoms with van der Waals surface area (Å²) in [4.78, 5) is 0. The van der Waals surface area contributed by atoms with E-state index in [0.29, 0.717) is 11.8 Å². The fourth-order valence-corrected chi connectivity index (χ4v) is 9.14. The minimum absolute atomic E-state index is 0.0949. The Morgan fingerprint density at radius 2 is 1.00 bits per heavy atom. The van der Waals surface area contributed by atoms with E-state index in [0.717, 1.165) is 0 Å². The van der Waals surface area contributed by atoms with E-state index in [-0.39, 0.29) is 12.2 Å². The first-order valence-corrected chi connectivity index (χ1v) is 13.9. The Balaban J connectivity index is 1.39. The van der Waals surface area contributed by atoms with Gasteiger partial charge in [0.2, 0.25) is 0 Å². The van der Waals surface area contributed by atoms with E-state index in [2.05, 4.69) is 97.1 Å². The van der Waals surface area contributed by atoms with Crippen LogP contribution in [0.2, 0.25) is 0 Å². The molecule has 2 aliphatic carbocycles. The first kappa shape index (κ1) is 19.0. The highest BCUT2D eigenvalue weighted by Crippen LogP contribution is 2.57. The van der Waals surface area contributed by atoms with Gasteiger partial charge >= 0.3 is 0 Å². The summed E-state index contributed by atoms with van der Waals surface area (Å²) in [5.74, 6) is 0.601. The Kier molecular flexibility index (Phi) is 3.64. The first-order valence-electron chi connectivity index (χ1n) is 12.3. The van der Waals surface area contributed by atoms with Gasteiger partial charge < -0.3 is 4.74 Å². The number of fused-ring (bicyclic) bond motifs is 15. The van der Waals surface area contributed by atoms with E-state index in [4.69, 9.17) is 4.74 Å². The third-order valence-electron chi connectivity index (χ3n) is 8.24. The normalized spacial score (nSPS) is 24.2. The van der Waals surface area contributed by atoms with Gasteiger partial charge in [-0.25, -0.2) is 0 Å². The minimum Gasteiger partial charge on any atom is -0.366 e. The van der Waals surface area contributed by atoms with E-state index in [1.807, 2.05) is 22.7 Å². The molecule has 3 aliphatic rings. The Morgan fingerprint density at radius 3 is 1.51 bits per heavy atom. The van der Waals surface area contributed by atoms with Gasteiger partial charge in [-0.2, -0.15) is 0 Å². The first-order chi connectivity index (χ1) is 17.3. The lowest BCUT2D eigenvalue weighted by molar-refractivity contribution is 0.0933. The van der Waals surface area contributed by atoms with E-state index in [1.165, 1.54) is 62.6 Å². The molecule has 0 amide bonds. The summed E-state index contributed by atoms with van der Waals surface area (Å²) in [5, 5.41) is 5.63. The molecule has 1 nitrogen and oxygen atoms in total. The van der Waals surface area contributed by atoms with Crippen molar-refractivity contribution in [3.8, 4) is 0 Å². The van der Waals surface area contributed by atoms with Crippen LogP contribution >= 0.6 is 22.7 Å². The summed E-state index contributed by atoms with van der Waals surface area (Å²) in [6.45, 7) is 0. The number of benzene rings is 4. The average Bonchev–Trinajstić information content (AvgIpc) is 3.58. The number of hydrogen-bond donors (Lipinski definition) is 0. The second kappa shape index (κ2) is 6.70. The highest BCUT2D eigenvalue weighted by molar-refractivity contribution is 7.26. The van der Waals surface area contributed by atoms with Crippen LogP contribution in [-0.2, 0) is 4.74 Å². The van der Waals surface area contributed by atoms with Crippen molar-refractivity contribution in [2.24, 2.45) is 0 Å². The van der Waals surface area contributed by atoms with Crippen molar-refractivity contribution in [1.82, 2.24) is 0 Å². The molecule has 1 aliphatic heterocycles. The fourth-order valence-electron chi connectivity index (χ4n) is 6.90. The molecule has 4 aromatic carbocycles. The fraction of sp³-hybridized carbons (Fsp3) is 0.125. The molecular weight excluding hydrogens is 464 g/mol. The highest BCUT2D eigenvalue weighted by Gasteiger charge is 2.49. The molecule has 0 saturated carbocycles. The summed E-state index contributed by atoms with van der Waals surface area (Å²) in [6.07, 6.45) is 9.40. The maximum Gasteiger partial charge on any atom is 0.0843 e. The smallest absolute Gasteiger partial charge is 0.0843 e. The van der Waals surface area contributed by atoms with Gasteiger partial charge in [-0.3, -0.25) is 0 Å². The van der Waals surface area contributed by atoms with E-state index < -0.39 is 0 Å². The van der Waals surface area contributed by atoms with Crippen molar-refractivity contribution in [3.05, 3.63) is 107 Å². The standard InChI is InChI=1S/C32H20OS2/c1-3-7-23-19(5-1)29-25(34-23)15-11-17-9-13-21-31(27(17)29)32-22(33-21)14-10-18-12-16-26-30(28(18)32)20-6-2-4-8-24(20)35-26/h1-16,21-22,31-32H. The molecule has 2 aromatic heterocycles. The Morgan fingerprint density at radius 1 is 0.514 bits per heavy atom. The summed E-state index contributed by atoms with van der Waals surface area (Å²) in [7, 11) is 0. The molecule has 166 valence electrons. The summed E-state index contributed by atoms with van der Waals surface area (Å²) >= 11 is 3.82. The van der Waals surface area contributed by atoms with Crippen LogP contribution in [0.15, 0.2) is 84.9 Å². The zero-order chi connectivity index (χ0) is 22.7. The largest absolute Gasteiger partial charge is 0.366 e. The van der Waals surface area contributed by atoms with Crippen LogP contribution < -0.4 is 0 Å². The number of rotatable bonds is 0. The molecule has 6 aromatic rings. The second-order valence-corrected chi connectivity index (χ2v) is 12.1. The number of ether oxygens (including phenoxy) is 1. The molecule has 9 rings (SSSR count).